The van der Waals surface area contributed by atoms with E-state index in [9.17, 15) is 9.59 Å². The summed E-state index contributed by atoms with van der Waals surface area (Å²) in [6, 6.07) is 8.13. The average molecular weight is 331 g/mol. The van der Waals surface area contributed by atoms with Crippen LogP contribution in [0.25, 0.3) is 0 Å². The average Bonchev–Trinajstić information content (AvgIpc) is 2.52. The Labute approximate surface area is 145 Å². The number of carbonyl (C=O) groups excluding carboxylic acids is 2. The van der Waals surface area contributed by atoms with Gasteiger partial charge in [-0.1, -0.05) is 43.7 Å². The fourth-order valence-electron chi connectivity index (χ4n) is 3.12. The van der Waals surface area contributed by atoms with E-state index in [2.05, 4.69) is 41.4 Å². The lowest BCUT2D eigenvalue weighted by molar-refractivity contribution is -0.138. The number of piperazine rings is 1. The summed E-state index contributed by atoms with van der Waals surface area (Å²) in [6.07, 6.45) is 0. The summed E-state index contributed by atoms with van der Waals surface area (Å²) < 4.78 is 0. The van der Waals surface area contributed by atoms with Gasteiger partial charge in [0.15, 0.2) is 0 Å². The van der Waals surface area contributed by atoms with Gasteiger partial charge in [0.05, 0.1) is 0 Å². The van der Waals surface area contributed by atoms with E-state index in [1.807, 2.05) is 18.7 Å². The van der Waals surface area contributed by atoms with Gasteiger partial charge in [-0.3, -0.25) is 14.5 Å². The van der Waals surface area contributed by atoms with Gasteiger partial charge >= 0.3 is 0 Å². The van der Waals surface area contributed by atoms with Crippen LogP contribution in [0.15, 0.2) is 24.3 Å². The van der Waals surface area contributed by atoms with Crippen molar-refractivity contribution in [3.63, 3.8) is 0 Å². The smallest absolute Gasteiger partial charge is 0.245 e. The number of nitrogens with zero attached hydrogens (tertiary/aromatic N) is 2. The van der Waals surface area contributed by atoms with Gasteiger partial charge in [0.2, 0.25) is 11.8 Å². The fourth-order valence-corrected chi connectivity index (χ4v) is 3.12. The normalized spacial score (nSPS) is 17.0. The van der Waals surface area contributed by atoms with Crippen molar-refractivity contribution >= 4 is 11.8 Å². The van der Waals surface area contributed by atoms with Crippen LogP contribution in [0.3, 0.4) is 0 Å². The maximum absolute atomic E-state index is 12.7. The second-order valence-corrected chi connectivity index (χ2v) is 7.01. The van der Waals surface area contributed by atoms with Gasteiger partial charge in [-0.15, -0.1) is 0 Å². The van der Waals surface area contributed by atoms with Crippen LogP contribution in [0.4, 0.5) is 0 Å². The Morgan fingerprint density at radius 2 is 1.83 bits per heavy atom. The molecule has 5 heteroatoms. The molecule has 0 saturated carbocycles. The van der Waals surface area contributed by atoms with Crippen molar-refractivity contribution in [2.24, 2.45) is 5.92 Å². The molecule has 1 N–H and O–H groups in total. The first-order chi connectivity index (χ1) is 11.4. The third-order valence-corrected chi connectivity index (χ3v) is 4.46. The molecule has 0 aliphatic carbocycles. The van der Waals surface area contributed by atoms with E-state index in [0.717, 1.165) is 19.6 Å². The Morgan fingerprint density at radius 3 is 2.38 bits per heavy atom. The van der Waals surface area contributed by atoms with Crippen LogP contribution in [-0.2, 0) is 16.1 Å². The zero-order valence-corrected chi connectivity index (χ0v) is 15.2. The first kappa shape index (κ1) is 18.5. The van der Waals surface area contributed by atoms with Crippen molar-refractivity contribution in [2.75, 3.05) is 26.2 Å². The minimum Gasteiger partial charge on any atom is -0.344 e. The number of amides is 2. The van der Waals surface area contributed by atoms with Crippen LogP contribution in [0, 0.1) is 12.8 Å². The molecule has 0 radical (unpaired) electrons. The van der Waals surface area contributed by atoms with E-state index >= 15 is 0 Å². The molecule has 1 atom stereocenters. The van der Waals surface area contributed by atoms with E-state index in [1.165, 1.54) is 18.1 Å². The molecule has 0 bridgehead atoms. The summed E-state index contributed by atoms with van der Waals surface area (Å²) in [5, 5.41) is 2.79. The first-order valence-corrected chi connectivity index (χ1v) is 8.70. The number of hydrogen-bond donors (Lipinski definition) is 1. The summed E-state index contributed by atoms with van der Waals surface area (Å²) in [5.74, 6) is -0.0257. The maximum atomic E-state index is 12.7. The molecule has 1 fully saturated rings. The van der Waals surface area contributed by atoms with Gasteiger partial charge in [-0.05, 0) is 18.4 Å². The number of hydrogen-bond acceptors (Lipinski definition) is 3. The Morgan fingerprint density at radius 1 is 1.17 bits per heavy atom. The molecule has 1 aliphatic rings. The lowest BCUT2D eigenvalue weighted by Crippen LogP contribution is -2.56. The highest BCUT2D eigenvalue weighted by molar-refractivity contribution is 5.87. The molecule has 1 aliphatic heterocycles. The fraction of sp³-hybridized carbons (Fsp3) is 0.579. The second-order valence-electron chi connectivity index (χ2n) is 7.01. The number of rotatable bonds is 5. The molecule has 2 amide bonds. The number of aryl methyl sites for hydroxylation is 1. The maximum Gasteiger partial charge on any atom is 0.245 e. The minimum absolute atomic E-state index is 0.0374. The summed E-state index contributed by atoms with van der Waals surface area (Å²) in [7, 11) is 0. The molecule has 2 rings (SSSR count). The minimum atomic E-state index is -0.425. The molecule has 132 valence electrons. The Hall–Kier alpha value is -1.88. The predicted octanol–water partition coefficient (Wildman–Crippen LogP) is 1.80. The Kier molecular flexibility index (Phi) is 6.37. The van der Waals surface area contributed by atoms with Crippen LogP contribution in [0.5, 0.6) is 0 Å². The van der Waals surface area contributed by atoms with Gasteiger partial charge in [0, 0.05) is 39.6 Å². The van der Waals surface area contributed by atoms with Gasteiger partial charge < -0.3 is 10.2 Å². The monoisotopic (exact) mass is 331 g/mol. The highest BCUT2D eigenvalue weighted by Gasteiger charge is 2.29. The van der Waals surface area contributed by atoms with E-state index in [0.29, 0.717) is 13.1 Å². The summed E-state index contributed by atoms with van der Waals surface area (Å²) in [6.45, 7) is 11.6. The molecule has 24 heavy (non-hydrogen) atoms. The van der Waals surface area contributed by atoms with Crippen molar-refractivity contribution in [1.29, 1.82) is 0 Å². The zero-order chi connectivity index (χ0) is 17.7. The van der Waals surface area contributed by atoms with Crippen LogP contribution in [0.1, 0.15) is 31.9 Å². The zero-order valence-electron chi connectivity index (χ0n) is 15.2. The van der Waals surface area contributed by atoms with E-state index in [1.54, 1.807) is 0 Å². The molecule has 0 aromatic heterocycles. The first-order valence-electron chi connectivity index (χ1n) is 8.70. The number of benzene rings is 1. The summed E-state index contributed by atoms with van der Waals surface area (Å²) in [5.41, 5.74) is 2.59. The molecular formula is C19H29N3O2. The van der Waals surface area contributed by atoms with Crippen molar-refractivity contribution in [2.45, 2.75) is 40.3 Å². The van der Waals surface area contributed by atoms with Crippen LogP contribution >= 0.6 is 0 Å². The highest BCUT2D eigenvalue weighted by atomic mass is 16.2. The van der Waals surface area contributed by atoms with Crippen molar-refractivity contribution < 1.29 is 9.59 Å². The van der Waals surface area contributed by atoms with Crippen molar-refractivity contribution in [3.05, 3.63) is 35.4 Å². The number of nitrogens with one attached hydrogen (secondary N) is 1. The van der Waals surface area contributed by atoms with Crippen LogP contribution in [0.2, 0.25) is 0 Å². The molecule has 1 saturated heterocycles. The molecule has 1 unspecified atom stereocenters. The quantitative estimate of drug-likeness (QED) is 0.895. The second kappa shape index (κ2) is 8.29. The summed E-state index contributed by atoms with van der Waals surface area (Å²) >= 11 is 0. The highest BCUT2D eigenvalue weighted by Crippen LogP contribution is 2.13. The third kappa shape index (κ3) is 5.06. The van der Waals surface area contributed by atoms with Gasteiger partial charge in [0.1, 0.15) is 6.04 Å². The topological polar surface area (TPSA) is 52.7 Å². The SMILES string of the molecule is CC(=O)NC(C(=O)N1CCN(Cc2cccc(C)c2)CC1)C(C)C. The largest absolute Gasteiger partial charge is 0.344 e. The molecule has 0 spiro atoms. The summed E-state index contributed by atoms with van der Waals surface area (Å²) in [4.78, 5) is 28.3. The van der Waals surface area contributed by atoms with Crippen LogP contribution < -0.4 is 5.32 Å². The van der Waals surface area contributed by atoms with Gasteiger partial charge in [-0.25, -0.2) is 0 Å². The third-order valence-electron chi connectivity index (χ3n) is 4.46. The Bertz CT molecular complexity index is 578. The molecule has 1 heterocycles. The van der Waals surface area contributed by atoms with Crippen LogP contribution in [-0.4, -0.2) is 53.8 Å². The van der Waals surface area contributed by atoms with E-state index in [4.69, 9.17) is 0 Å². The standard InChI is InChI=1S/C19H29N3O2/c1-14(2)18(20-16(4)23)19(24)22-10-8-21(9-11-22)13-17-7-5-6-15(3)12-17/h5-7,12,14,18H,8-11,13H2,1-4H3,(H,20,23). The van der Waals surface area contributed by atoms with Gasteiger partial charge in [-0.2, -0.15) is 0 Å². The molecule has 1 aromatic rings. The molecular weight excluding hydrogens is 302 g/mol. The van der Waals surface area contributed by atoms with E-state index < -0.39 is 6.04 Å². The van der Waals surface area contributed by atoms with Gasteiger partial charge in [0.25, 0.3) is 0 Å². The lowest BCUT2D eigenvalue weighted by atomic mass is 10.0. The van der Waals surface area contributed by atoms with Crippen molar-refractivity contribution in [3.8, 4) is 0 Å². The molecule has 1 aromatic carbocycles. The molecule has 5 nitrogen and oxygen atoms in total. The van der Waals surface area contributed by atoms with Crippen molar-refractivity contribution in [1.82, 2.24) is 15.1 Å². The Balaban J connectivity index is 1.89. The predicted molar refractivity (Wildman–Crippen MR) is 95.5 cm³/mol. The number of carbonyl (C=O) groups is 2. The lowest BCUT2D eigenvalue weighted by Gasteiger charge is -2.37. The van der Waals surface area contributed by atoms with E-state index in [-0.39, 0.29) is 17.7 Å².